The van der Waals surface area contributed by atoms with Crippen LogP contribution in [0.3, 0.4) is 0 Å². The quantitative estimate of drug-likeness (QED) is 0.697. The van der Waals surface area contributed by atoms with Gasteiger partial charge in [0.05, 0.1) is 7.11 Å². The van der Waals surface area contributed by atoms with Gasteiger partial charge in [-0.05, 0) is 23.8 Å². The van der Waals surface area contributed by atoms with Crippen molar-refractivity contribution in [2.24, 2.45) is 0 Å². The Kier molecular flexibility index (Phi) is 5.19. The van der Waals surface area contributed by atoms with Gasteiger partial charge in [0.25, 0.3) is 0 Å². The van der Waals surface area contributed by atoms with E-state index < -0.39 is 0 Å². The molecule has 24 heavy (non-hydrogen) atoms. The van der Waals surface area contributed by atoms with Crippen LogP contribution in [0, 0.1) is 0 Å². The lowest BCUT2D eigenvalue weighted by Crippen LogP contribution is -2.06. The fourth-order valence-electron chi connectivity index (χ4n) is 2.28. The van der Waals surface area contributed by atoms with E-state index in [1.165, 1.54) is 0 Å². The van der Waals surface area contributed by atoms with Gasteiger partial charge in [0.15, 0.2) is 0 Å². The minimum atomic E-state index is 0.630. The molecule has 0 aliphatic carbocycles. The number of hydrogen-bond donors (Lipinski definition) is 2. The average Bonchev–Trinajstić information content (AvgIpc) is 2.66. The van der Waals surface area contributed by atoms with Gasteiger partial charge in [0.1, 0.15) is 23.7 Å². The molecular weight excluding hydrogens is 302 g/mol. The van der Waals surface area contributed by atoms with Crippen molar-refractivity contribution in [1.82, 2.24) is 15.0 Å². The summed E-state index contributed by atoms with van der Waals surface area (Å²) < 4.78 is 5.35. The second-order valence-electron chi connectivity index (χ2n) is 5.16. The van der Waals surface area contributed by atoms with E-state index >= 15 is 0 Å². The fourth-order valence-corrected chi connectivity index (χ4v) is 2.28. The van der Waals surface area contributed by atoms with Gasteiger partial charge in [0, 0.05) is 37.1 Å². The van der Waals surface area contributed by atoms with Crippen LogP contribution in [0.15, 0.2) is 61.2 Å². The number of para-hydroxylation sites is 1. The average molecular weight is 321 g/mol. The molecule has 0 amide bonds. The number of hydrogen-bond acceptors (Lipinski definition) is 6. The molecule has 0 unspecified atom stereocenters. The van der Waals surface area contributed by atoms with Crippen molar-refractivity contribution in [2.75, 3.05) is 17.7 Å². The van der Waals surface area contributed by atoms with Crippen LogP contribution in [0.4, 0.5) is 11.6 Å². The zero-order chi connectivity index (χ0) is 16.6. The number of ether oxygens (including phenoxy) is 1. The van der Waals surface area contributed by atoms with Crippen molar-refractivity contribution in [3.8, 4) is 5.75 Å². The molecule has 3 aromatic rings. The van der Waals surface area contributed by atoms with E-state index in [9.17, 15) is 0 Å². The first kappa shape index (κ1) is 15.7. The van der Waals surface area contributed by atoms with Crippen molar-refractivity contribution < 1.29 is 4.74 Å². The predicted molar refractivity (Wildman–Crippen MR) is 93.9 cm³/mol. The Morgan fingerprint density at radius 2 is 1.62 bits per heavy atom. The third kappa shape index (κ3) is 4.19. The summed E-state index contributed by atoms with van der Waals surface area (Å²) in [5, 5.41) is 6.57. The number of pyridine rings is 1. The maximum Gasteiger partial charge on any atom is 0.131 e. The van der Waals surface area contributed by atoms with E-state index in [0.717, 1.165) is 28.5 Å². The molecule has 2 aromatic heterocycles. The zero-order valence-corrected chi connectivity index (χ0v) is 13.4. The number of nitrogens with one attached hydrogen (secondary N) is 2. The smallest absolute Gasteiger partial charge is 0.131 e. The summed E-state index contributed by atoms with van der Waals surface area (Å²) in [4.78, 5) is 12.5. The van der Waals surface area contributed by atoms with Gasteiger partial charge in [0.2, 0.25) is 0 Å². The molecule has 0 spiro atoms. The molecular formula is C18H19N5O. The van der Waals surface area contributed by atoms with Gasteiger partial charge in [-0.2, -0.15) is 0 Å². The Labute approximate surface area is 141 Å². The normalized spacial score (nSPS) is 10.2. The molecule has 6 heteroatoms. The zero-order valence-electron chi connectivity index (χ0n) is 13.4. The molecule has 0 fully saturated rings. The third-order valence-corrected chi connectivity index (χ3v) is 3.54. The van der Waals surface area contributed by atoms with Crippen LogP contribution in [0.2, 0.25) is 0 Å². The van der Waals surface area contributed by atoms with Gasteiger partial charge in [-0.1, -0.05) is 18.2 Å². The van der Waals surface area contributed by atoms with Gasteiger partial charge in [-0.15, -0.1) is 0 Å². The van der Waals surface area contributed by atoms with Crippen LogP contribution in [0.25, 0.3) is 0 Å². The van der Waals surface area contributed by atoms with Gasteiger partial charge in [-0.3, -0.25) is 4.98 Å². The molecule has 0 radical (unpaired) electrons. The lowest BCUT2D eigenvalue weighted by molar-refractivity contribution is 0.410. The predicted octanol–water partition coefficient (Wildman–Crippen LogP) is 3.10. The van der Waals surface area contributed by atoms with Crippen LogP contribution < -0.4 is 15.4 Å². The van der Waals surface area contributed by atoms with E-state index in [4.69, 9.17) is 4.74 Å². The Morgan fingerprint density at radius 1 is 0.917 bits per heavy atom. The van der Waals surface area contributed by atoms with Crippen molar-refractivity contribution in [3.05, 3.63) is 72.3 Å². The lowest BCUT2D eigenvalue weighted by Gasteiger charge is -2.11. The molecule has 0 saturated carbocycles. The number of nitrogens with zero attached hydrogens (tertiary/aromatic N) is 3. The van der Waals surface area contributed by atoms with Crippen molar-refractivity contribution in [2.45, 2.75) is 13.1 Å². The maximum absolute atomic E-state index is 5.35. The molecule has 0 atom stereocenters. The highest BCUT2D eigenvalue weighted by molar-refractivity contribution is 5.47. The molecule has 0 saturated heterocycles. The standard InChI is InChI=1S/C18H19N5O/c1-24-16-5-3-2-4-15(16)12-21-18-10-17(22-13-23-18)20-11-14-6-8-19-9-7-14/h2-10,13H,11-12H2,1H3,(H2,20,21,22,23). The molecule has 1 aromatic carbocycles. The van der Waals surface area contributed by atoms with Crippen LogP contribution in [-0.4, -0.2) is 22.1 Å². The second-order valence-corrected chi connectivity index (χ2v) is 5.16. The summed E-state index contributed by atoms with van der Waals surface area (Å²) in [7, 11) is 1.67. The molecule has 0 bridgehead atoms. The summed E-state index contributed by atoms with van der Waals surface area (Å²) in [5.74, 6) is 2.38. The number of aromatic nitrogens is 3. The van der Waals surface area contributed by atoms with Gasteiger partial charge >= 0.3 is 0 Å². The summed E-state index contributed by atoms with van der Waals surface area (Å²) in [6.45, 7) is 1.32. The molecule has 2 N–H and O–H groups in total. The van der Waals surface area contributed by atoms with E-state index in [1.54, 1.807) is 25.8 Å². The topological polar surface area (TPSA) is 72.0 Å². The van der Waals surface area contributed by atoms with Crippen molar-refractivity contribution in [1.29, 1.82) is 0 Å². The molecule has 2 heterocycles. The molecule has 122 valence electrons. The van der Waals surface area contributed by atoms with Crippen LogP contribution in [-0.2, 0) is 13.1 Å². The van der Waals surface area contributed by atoms with Gasteiger partial charge in [-0.25, -0.2) is 9.97 Å². The monoisotopic (exact) mass is 321 g/mol. The summed E-state index contributed by atoms with van der Waals surface area (Å²) in [6.07, 6.45) is 5.09. The highest BCUT2D eigenvalue weighted by Crippen LogP contribution is 2.19. The first-order valence-electron chi connectivity index (χ1n) is 7.66. The largest absolute Gasteiger partial charge is 0.496 e. The minimum absolute atomic E-state index is 0.630. The van der Waals surface area contributed by atoms with E-state index in [0.29, 0.717) is 13.1 Å². The van der Waals surface area contributed by atoms with Crippen LogP contribution >= 0.6 is 0 Å². The fraction of sp³-hybridized carbons (Fsp3) is 0.167. The van der Waals surface area contributed by atoms with Gasteiger partial charge < -0.3 is 15.4 Å². The van der Waals surface area contributed by atoms with Crippen molar-refractivity contribution in [3.63, 3.8) is 0 Å². The Morgan fingerprint density at radius 3 is 2.38 bits per heavy atom. The Bertz CT molecular complexity index is 779. The number of benzene rings is 1. The Hall–Kier alpha value is -3.15. The summed E-state index contributed by atoms with van der Waals surface area (Å²) in [5.41, 5.74) is 2.22. The summed E-state index contributed by atoms with van der Waals surface area (Å²) >= 11 is 0. The first-order valence-corrected chi connectivity index (χ1v) is 7.66. The Balaban J connectivity index is 1.61. The molecule has 3 rings (SSSR count). The van der Waals surface area contributed by atoms with E-state index in [2.05, 4.69) is 25.6 Å². The highest BCUT2D eigenvalue weighted by atomic mass is 16.5. The van der Waals surface area contributed by atoms with E-state index in [-0.39, 0.29) is 0 Å². The SMILES string of the molecule is COc1ccccc1CNc1cc(NCc2ccncc2)ncn1. The first-order chi connectivity index (χ1) is 11.8. The van der Waals surface area contributed by atoms with Crippen molar-refractivity contribution >= 4 is 11.6 Å². The lowest BCUT2D eigenvalue weighted by atomic mass is 10.2. The van der Waals surface area contributed by atoms with E-state index in [1.807, 2.05) is 42.5 Å². The molecule has 0 aliphatic rings. The number of rotatable bonds is 7. The number of anilines is 2. The molecule has 6 nitrogen and oxygen atoms in total. The maximum atomic E-state index is 5.35. The summed E-state index contributed by atoms with van der Waals surface area (Å²) in [6, 6.07) is 13.7. The van der Waals surface area contributed by atoms with Crippen LogP contribution in [0.5, 0.6) is 5.75 Å². The minimum Gasteiger partial charge on any atom is -0.496 e. The second kappa shape index (κ2) is 7.92. The third-order valence-electron chi connectivity index (χ3n) is 3.54. The van der Waals surface area contributed by atoms with Crippen LogP contribution in [0.1, 0.15) is 11.1 Å². The highest BCUT2D eigenvalue weighted by Gasteiger charge is 2.03. The number of methoxy groups -OCH3 is 1. The molecule has 0 aliphatic heterocycles.